The van der Waals surface area contributed by atoms with Crippen LogP contribution in [-0.2, 0) is 16.0 Å². The minimum absolute atomic E-state index is 0.160. The van der Waals surface area contributed by atoms with Crippen molar-refractivity contribution in [3.63, 3.8) is 0 Å². The summed E-state index contributed by atoms with van der Waals surface area (Å²) in [5, 5.41) is 15.6. The summed E-state index contributed by atoms with van der Waals surface area (Å²) in [5.41, 5.74) is 2.49. The van der Waals surface area contributed by atoms with Gasteiger partial charge in [0.2, 0.25) is 5.91 Å². The molecular weight excluding hydrogens is 421 g/mol. The number of ether oxygens (including phenoxy) is 1. The van der Waals surface area contributed by atoms with Crippen LogP contribution in [-0.4, -0.2) is 67.3 Å². The first-order valence-electron chi connectivity index (χ1n) is 12.2. The lowest BCUT2D eigenvalue weighted by atomic mass is 9.97. The minimum Gasteiger partial charge on any atom is -0.378 e. The lowest BCUT2D eigenvalue weighted by Gasteiger charge is -2.38. The molecule has 5 atom stereocenters. The van der Waals surface area contributed by atoms with Gasteiger partial charge in [-0.25, -0.2) is 4.39 Å². The summed E-state index contributed by atoms with van der Waals surface area (Å²) in [4.78, 5) is 17.6. The van der Waals surface area contributed by atoms with Crippen molar-refractivity contribution in [1.29, 1.82) is 5.26 Å². The van der Waals surface area contributed by atoms with Crippen LogP contribution in [0.2, 0.25) is 0 Å². The maximum atomic E-state index is 15.1. The predicted molar refractivity (Wildman–Crippen MR) is 121 cm³/mol. The third-order valence-corrected chi connectivity index (χ3v) is 8.19. The SMILES string of the molecule is N#C[C@H](Cc1ccc(N2CCC3C2CCN3C2COC2)cc1F)NC(=O)[C@H]1NC2=C[C@@H]1CC2. The molecule has 1 aromatic carbocycles. The largest absolute Gasteiger partial charge is 0.378 e. The summed E-state index contributed by atoms with van der Waals surface area (Å²) in [6.45, 7) is 3.68. The standard InChI is InChI=1S/C25H30FN5O2/c26-21-11-19(30-7-5-23-22(30)6-8-31(23)20-13-33-14-20)4-2-15(21)9-18(12-27)29-25(32)24-16-1-3-17(10-16)28-24/h2,4,10-11,16,18,20,22-24,28H,1,3,5-9,13-14H2,(H,29,32)/t16-,18-,22?,23?,24-/m0/s1. The number of benzene rings is 1. The molecule has 6 rings (SSSR count). The molecule has 0 radical (unpaired) electrons. The number of carbonyl (C=O) groups is 1. The molecule has 174 valence electrons. The number of hydrogen-bond acceptors (Lipinski definition) is 6. The number of anilines is 1. The molecule has 4 aliphatic heterocycles. The number of nitrogens with zero attached hydrogens (tertiary/aromatic N) is 3. The zero-order chi connectivity index (χ0) is 22.5. The van der Waals surface area contributed by atoms with Crippen molar-refractivity contribution in [3.8, 4) is 6.07 Å². The van der Waals surface area contributed by atoms with Gasteiger partial charge in [0.05, 0.1) is 25.3 Å². The number of nitriles is 1. The highest BCUT2D eigenvalue weighted by Crippen LogP contribution is 2.37. The Balaban J connectivity index is 1.09. The molecule has 0 aromatic heterocycles. The number of rotatable bonds is 6. The highest BCUT2D eigenvalue weighted by molar-refractivity contribution is 5.84. The van der Waals surface area contributed by atoms with Crippen LogP contribution >= 0.6 is 0 Å². The van der Waals surface area contributed by atoms with Gasteiger partial charge in [0.15, 0.2) is 0 Å². The Kier molecular flexibility index (Phi) is 5.27. The molecule has 2 bridgehead atoms. The van der Waals surface area contributed by atoms with E-state index in [9.17, 15) is 10.1 Å². The summed E-state index contributed by atoms with van der Waals surface area (Å²) < 4.78 is 20.5. The summed E-state index contributed by atoms with van der Waals surface area (Å²) >= 11 is 0. The molecular formula is C25H30FN5O2. The average molecular weight is 452 g/mol. The third kappa shape index (κ3) is 3.68. The number of hydrogen-bond donors (Lipinski definition) is 2. The van der Waals surface area contributed by atoms with Gasteiger partial charge in [-0.2, -0.15) is 5.26 Å². The zero-order valence-corrected chi connectivity index (χ0v) is 18.7. The Bertz CT molecular complexity index is 1020. The Labute approximate surface area is 193 Å². The fraction of sp³-hybridized carbons (Fsp3) is 0.600. The first-order chi connectivity index (χ1) is 16.1. The highest BCUT2D eigenvalue weighted by Gasteiger charge is 2.46. The van der Waals surface area contributed by atoms with Crippen molar-refractivity contribution in [3.05, 3.63) is 41.4 Å². The van der Waals surface area contributed by atoms with Crippen LogP contribution in [0.15, 0.2) is 30.0 Å². The molecule has 0 saturated carbocycles. The lowest BCUT2D eigenvalue weighted by Crippen LogP contribution is -2.52. The number of nitrogens with one attached hydrogen (secondary N) is 2. The molecule has 8 heteroatoms. The second kappa shape index (κ2) is 8.30. The molecule has 5 aliphatic rings. The zero-order valence-electron chi connectivity index (χ0n) is 18.7. The maximum absolute atomic E-state index is 15.1. The van der Waals surface area contributed by atoms with Gasteiger partial charge in [0.25, 0.3) is 0 Å². The van der Waals surface area contributed by atoms with E-state index in [0.717, 1.165) is 63.4 Å². The molecule has 3 saturated heterocycles. The van der Waals surface area contributed by atoms with E-state index in [1.807, 2.05) is 6.07 Å². The van der Waals surface area contributed by atoms with Gasteiger partial charge in [0, 0.05) is 48.9 Å². The molecule has 1 amide bonds. The van der Waals surface area contributed by atoms with Crippen LogP contribution in [0.3, 0.4) is 0 Å². The van der Waals surface area contributed by atoms with Gasteiger partial charge in [-0.1, -0.05) is 12.1 Å². The molecule has 3 fully saturated rings. The molecule has 2 unspecified atom stereocenters. The number of allylic oxidation sites excluding steroid dienone is 1. The predicted octanol–water partition coefficient (Wildman–Crippen LogP) is 1.69. The van der Waals surface area contributed by atoms with E-state index < -0.39 is 6.04 Å². The van der Waals surface area contributed by atoms with Crippen LogP contribution in [0.5, 0.6) is 0 Å². The minimum atomic E-state index is -0.756. The van der Waals surface area contributed by atoms with E-state index >= 15 is 4.39 Å². The Morgan fingerprint density at radius 1 is 1.27 bits per heavy atom. The Hall–Kier alpha value is -2.63. The number of carbonyl (C=O) groups excluding carboxylic acids is 1. The second-order valence-electron chi connectivity index (χ2n) is 10.0. The number of amides is 1. The van der Waals surface area contributed by atoms with E-state index in [1.165, 1.54) is 0 Å². The van der Waals surface area contributed by atoms with Crippen molar-refractivity contribution in [1.82, 2.24) is 15.5 Å². The van der Waals surface area contributed by atoms with Crippen molar-refractivity contribution >= 4 is 11.6 Å². The van der Waals surface area contributed by atoms with Gasteiger partial charge >= 0.3 is 0 Å². The third-order valence-electron chi connectivity index (χ3n) is 8.19. The molecule has 1 aliphatic carbocycles. The Morgan fingerprint density at radius 3 is 2.79 bits per heavy atom. The van der Waals surface area contributed by atoms with Crippen LogP contribution in [0.25, 0.3) is 0 Å². The highest BCUT2D eigenvalue weighted by atomic mass is 19.1. The number of halogens is 1. The van der Waals surface area contributed by atoms with Gasteiger partial charge in [0.1, 0.15) is 17.9 Å². The fourth-order valence-corrected chi connectivity index (χ4v) is 6.40. The van der Waals surface area contributed by atoms with E-state index in [2.05, 4.69) is 32.6 Å². The van der Waals surface area contributed by atoms with Crippen LogP contribution in [0.1, 0.15) is 31.2 Å². The molecule has 0 spiro atoms. The summed E-state index contributed by atoms with van der Waals surface area (Å²) in [6, 6.07) is 7.91. The van der Waals surface area contributed by atoms with Crippen LogP contribution < -0.4 is 15.5 Å². The molecule has 1 aromatic rings. The summed E-state index contributed by atoms with van der Waals surface area (Å²) in [5.74, 6) is -0.294. The lowest BCUT2D eigenvalue weighted by molar-refractivity contribution is -0.124. The normalized spacial score (nSPS) is 31.5. The topological polar surface area (TPSA) is 80.6 Å². The van der Waals surface area contributed by atoms with E-state index in [-0.39, 0.29) is 30.1 Å². The van der Waals surface area contributed by atoms with Crippen molar-refractivity contribution in [2.45, 2.75) is 62.3 Å². The number of piperidine rings is 1. The molecule has 2 N–H and O–H groups in total. The van der Waals surface area contributed by atoms with E-state index in [4.69, 9.17) is 4.74 Å². The van der Waals surface area contributed by atoms with Crippen molar-refractivity contribution in [2.75, 3.05) is 31.2 Å². The first kappa shape index (κ1) is 20.9. The van der Waals surface area contributed by atoms with Crippen molar-refractivity contribution < 1.29 is 13.9 Å². The molecule has 7 nitrogen and oxygen atoms in total. The monoisotopic (exact) mass is 451 g/mol. The van der Waals surface area contributed by atoms with Crippen LogP contribution in [0.4, 0.5) is 10.1 Å². The number of likely N-dealkylation sites (tertiary alicyclic amines) is 1. The quantitative estimate of drug-likeness (QED) is 0.685. The van der Waals surface area contributed by atoms with E-state index in [0.29, 0.717) is 23.7 Å². The summed E-state index contributed by atoms with van der Waals surface area (Å²) in [7, 11) is 0. The van der Waals surface area contributed by atoms with Gasteiger partial charge in [-0.15, -0.1) is 0 Å². The average Bonchev–Trinajstić information content (AvgIpc) is 3.56. The van der Waals surface area contributed by atoms with Gasteiger partial charge in [-0.05, 0) is 43.4 Å². The molecule has 33 heavy (non-hydrogen) atoms. The first-order valence-corrected chi connectivity index (χ1v) is 12.2. The Morgan fingerprint density at radius 2 is 2.12 bits per heavy atom. The van der Waals surface area contributed by atoms with Crippen LogP contribution in [0, 0.1) is 23.1 Å². The number of fused-ring (bicyclic) bond motifs is 2. The van der Waals surface area contributed by atoms with Gasteiger partial charge < -0.3 is 20.3 Å². The fourth-order valence-electron chi connectivity index (χ4n) is 6.40. The molecule has 4 heterocycles. The van der Waals surface area contributed by atoms with E-state index in [1.54, 1.807) is 12.1 Å². The second-order valence-corrected chi connectivity index (χ2v) is 10.0. The van der Waals surface area contributed by atoms with Crippen molar-refractivity contribution in [2.24, 2.45) is 5.92 Å². The summed E-state index contributed by atoms with van der Waals surface area (Å²) in [6.07, 6.45) is 6.42. The maximum Gasteiger partial charge on any atom is 0.244 e. The van der Waals surface area contributed by atoms with Gasteiger partial charge in [-0.3, -0.25) is 9.69 Å². The smallest absolute Gasteiger partial charge is 0.244 e.